The van der Waals surface area contributed by atoms with Gasteiger partial charge in [0.05, 0.1) is 0 Å². The zero-order valence-corrected chi connectivity index (χ0v) is 10.9. The quantitative estimate of drug-likeness (QED) is 0.613. The van der Waals surface area contributed by atoms with E-state index in [1.54, 1.807) is 0 Å². The Morgan fingerprint density at radius 1 is 1.44 bits per heavy atom. The number of hydrazine groups is 1. The lowest BCUT2D eigenvalue weighted by Crippen LogP contribution is -2.30. The molecule has 0 saturated heterocycles. The minimum absolute atomic E-state index is 0.153. The summed E-state index contributed by atoms with van der Waals surface area (Å²) in [6, 6.07) is 6.23. The Labute approximate surface area is 103 Å². The molecular weight excluding hydrogens is 222 g/mol. The van der Waals surface area contributed by atoms with Crippen LogP contribution in [0.4, 0.5) is 0 Å². The maximum atomic E-state index is 6.10. The van der Waals surface area contributed by atoms with Crippen molar-refractivity contribution < 1.29 is 0 Å². The van der Waals surface area contributed by atoms with Gasteiger partial charge in [-0.2, -0.15) is 0 Å². The lowest BCUT2D eigenvalue weighted by atomic mass is 10.0. The average Bonchev–Trinajstić information content (AvgIpc) is 2.23. The third-order valence-corrected chi connectivity index (χ3v) is 3.07. The van der Waals surface area contributed by atoms with Crippen molar-refractivity contribution in [3.8, 4) is 0 Å². The first kappa shape index (κ1) is 13.5. The largest absolute Gasteiger partial charge is 0.309 e. The zero-order chi connectivity index (χ0) is 12.1. The van der Waals surface area contributed by atoms with Crippen molar-refractivity contribution in [2.75, 3.05) is 20.6 Å². The van der Waals surface area contributed by atoms with Crippen LogP contribution in [0.2, 0.25) is 5.02 Å². The van der Waals surface area contributed by atoms with Gasteiger partial charge in [0.1, 0.15) is 0 Å². The Morgan fingerprint density at radius 3 is 2.62 bits per heavy atom. The highest BCUT2D eigenvalue weighted by Crippen LogP contribution is 2.22. The Morgan fingerprint density at radius 2 is 2.12 bits per heavy atom. The summed E-state index contributed by atoms with van der Waals surface area (Å²) in [6.07, 6.45) is 0.961. The van der Waals surface area contributed by atoms with E-state index in [4.69, 9.17) is 17.4 Å². The van der Waals surface area contributed by atoms with Gasteiger partial charge in [-0.25, -0.2) is 0 Å². The second-order valence-corrected chi connectivity index (χ2v) is 4.73. The van der Waals surface area contributed by atoms with Crippen LogP contribution in [0.5, 0.6) is 0 Å². The van der Waals surface area contributed by atoms with Gasteiger partial charge >= 0.3 is 0 Å². The molecule has 1 aromatic rings. The first-order chi connectivity index (χ1) is 7.54. The summed E-state index contributed by atoms with van der Waals surface area (Å²) in [5.41, 5.74) is 5.07. The summed E-state index contributed by atoms with van der Waals surface area (Å²) in [5, 5.41) is 0.794. The SMILES string of the molecule is Cc1ccc(C(CCN(C)C)NN)cc1Cl. The van der Waals surface area contributed by atoms with Crippen molar-refractivity contribution in [2.24, 2.45) is 5.84 Å². The molecule has 0 bridgehead atoms. The van der Waals surface area contributed by atoms with Crippen LogP contribution < -0.4 is 11.3 Å². The maximum Gasteiger partial charge on any atom is 0.0472 e. The number of nitrogens with one attached hydrogen (secondary N) is 1. The summed E-state index contributed by atoms with van der Waals surface area (Å²) in [4.78, 5) is 2.14. The van der Waals surface area contributed by atoms with Crippen LogP contribution in [0.3, 0.4) is 0 Å². The summed E-state index contributed by atoms with van der Waals surface area (Å²) in [5.74, 6) is 5.57. The molecule has 3 N–H and O–H groups in total. The lowest BCUT2D eigenvalue weighted by molar-refractivity contribution is 0.363. The molecular formula is C12H20ClN3. The van der Waals surface area contributed by atoms with Crippen LogP contribution in [-0.4, -0.2) is 25.5 Å². The predicted molar refractivity (Wildman–Crippen MR) is 69.4 cm³/mol. The lowest BCUT2D eigenvalue weighted by Gasteiger charge is -2.19. The molecule has 1 aromatic carbocycles. The van der Waals surface area contributed by atoms with Gasteiger partial charge in [0.15, 0.2) is 0 Å². The molecule has 0 fully saturated rings. The van der Waals surface area contributed by atoms with Gasteiger partial charge in [-0.15, -0.1) is 0 Å². The van der Waals surface area contributed by atoms with Gasteiger partial charge in [-0.3, -0.25) is 11.3 Å². The van der Waals surface area contributed by atoms with Crippen LogP contribution >= 0.6 is 11.6 Å². The topological polar surface area (TPSA) is 41.3 Å². The molecule has 0 heterocycles. The zero-order valence-electron chi connectivity index (χ0n) is 10.1. The molecule has 0 radical (unpaired) electrons. The van der Waals surface area contributed by atoms with E-state index in [2.05, 4.69) is 30.5 Å². The number of aryl methyl sites for hydroxylation is 1. The molecule has 4 heteroatoms. The van der Waals surface area contributed by atoms with Gasteiger partial charge in [0.25, 0.3) is 0 Å². The number of benzene rings is 1. The third kappa shape index (κ3) is 3.76. The Kier molecular flexibility index (Phi) is 5.22. The molecule has 0 saturated carbocycles. The Hall–Kier alpha value is -0.610. The van der Waals surface area contributed by atoms with Crippen molar-refractivity contribution >= 4 is 11.6 Å². The maximum absolute atomic E-state index is 6.10. The van der Waals surface area contributed by atoms with Crippen molar-refractivity contribution in [2.45, 2.75) is 19.4 Å². The smallest absolute Gasteiger partial charge is 0.0472 e. The van der Waals surface area contributed by atoms with Gasteiger partial charge in [0.2, 0.25) is 0 Å². The standard InChI is InChI=1S/C12H20ClN3/c1-9-4-5-10(8-11(9)13)12(15-14)6-7-16(2)3/h4-5,8,12,15H,6-7,14H2,1-3H3. The van der Waals surface area contributed by atoms with Gasteiger partial charge in [0, 0.05) is 11.1 Å². The molecule has 1 rings (SSSR count). The van der Waals surface area contributed by atoms with Crippen molar-refractivity contribution in [1.82, 2.24) is 10.3 Å². The van der Waals surface area contributed by atoms with Crippen molar-refractivity contribution in [3.63, 3.8) is 0 Å². The number of halogens is 1. The predicted octanol–water partition coefficient (Wildman–Crippen LogP) is 2.10. The van der Waals surface area contributed by atoms with Crippen LogP contribution in [0.25, 0.3) is 0 Å². The second-order valence-electron chi connectivity index (χ2n) is 4.32. The molecule has 16 heavy (non-hydrogen) atoms. The highest BCUT2D eigenvalue weighted by Gasteiger charge is 2.10. The van der Waals surface area contributed by atoms with E-state index in [0.717, 1.165) is 29.1 Å². The van der Waals surface area contributed by atoms with E-state index in [0.29, 0.717) is 0 Å². The second kappa shape index (κ2) is 6.21. The van der Waals surface area contributed by atoms with Crippen LogP contribution in [-0.2, 0) is 0 Å². The summed E-state index contributed by atoms with van der Waals surface area (Å²) in [7, 11) is 4.10. The molecule has 90 valence electrons. The normalized spacial score (nSPS) is 13.1. The average molecular weight is 242 g/mol. The first-order valence-electron chi connectivity index (χ1n) is 5.41. The van der Waals surface area contributed by atoms with Crippen LogP contribution in [0.1, 0.15) is 23.6 Å². The van der Waals surface area contributed by atoms with E-state index >= 15 is 0 Å². The number of rotatable bonds is 5. The minimum Gasteiger partial charge on any atom is -0.309 e. The van der Waals surface area contributed by atoms with E-state index < -0.39 is 0 Å². The van der Waals surface area contributed by atoms with E-state index in [1.165, 1.54) is 0 Å². The molecule has 0 aromatic heterocycles. The van der Waals surface area contributed by atoms with Gasteiger partial charge in [-0.1, -0.05) is 23.7 Å². The fourth-order valence-corrected chi connectivity index (χ4v) is 1.75. The van der Waals surface area contributed by atoms with Crippen LogP contribution in [0, 0.1) is 6.92 Å². The number of hydrogen-bond acceptors (Lipinski definition) is 3. The Balaban J connectivity index is 2.74. The number of nitrogens with zero attached hydrogens (tertiary/aromatic N) is 1. The molecule has 0 aliphatic rings. The molecule has 1 atom stereocenters. The minimum atomic E-state index is 0.153. The van der Waals surface area contributed by atoms with E-state index in [9.17, 15) is 0 Å². The fraction of sp³-hybridized carbons (Fsp3) is 0.500. The van der Waals surface area contributed by atoms with E-state index in [1.807, 2.05) is 19.1 Å². The summed E-state index contributed by atoms with van der Waals surface area (Å²) >= 11 is 6.10. The molecule has 0 spiro atoms. The fourth-order valence-electron chi connectivity index (χ4n) is 1.56. The third-order valence-electron chi connectivity index (χ3n) is 2.66. The molecule has 0 amide bonds. The highest BCUT2D eigenvalue weighted by molar-refractivity contribution is 6.31. The van der Waals surface area contributed by atoms with Crippen molar-refractivity contribution in [3.05, 3.63) is 34.3 Å². The molecule has 0 aliphatic carbocycles. The number of hydrogen-bond donors (Lipinski definition) is 2. The summed E-state index contributed by atoms with van der Waals surface area (Å²) < 4.78 is 0. The van der Waals surface area contributed by atoms with Gasteiger partial charge in [-0.05, 0) is 51.2 Å². The molecule has 3 nitrogen and oxygen atoms in total. The van der Waals surface area contributed by atoms with Gasteiger partial charge < -0.3 is 4.90 Å². The molecule has 1 unspecified atom stereocenters. The number of nitrogens with two attached hydrogens (primary N) is 1. The summed E-state index contributed by atoms with van der Waals surface area (Å²) in [6.45, 7) is 2.98. The van der Waals surface area contributed by atoms with Crippen molar-refractivity contribution in [1.29, 1.82) is 0 Å². The Bertz CT molecular complexity index is 339. The van der Waals surface area contributed by atoms with Crippen LogP contribution in [0.15, 0.2) is 18.2 Å². The van der Waals surface area contributed by atoms with E-state index in [-0.39, 0.29) is 6.04 Å². The highest BCUT2D eigenvalue weighted by atomic mass is 35.5. The monoisotopic (exact) mass is 241 g/mol. The first-order valence-corrected chi connectivity index (χ1v) is 5.79. The molecule has 0 aliphatic heterocycles.